The summed E-state index contributed by atoms with van der Waals surface area (Å²) < 4.78 is 11.1. The second-order valence-electron chi connectivity index (χ2n) is 7.99. The Balaban J connectivity index is 1.69. The Labute approximate surface area is 176 Å². The van der Waals surface area contributed by atoms with Gasteiger partial charge < -0.3 is 24.5 Å². The first kappa shape index (κ1) is 20.3. The topological polar surface area (TPSA) is 76.1 Å². The molecule has 1 saturated heterocycles. The van der Waals surface area contributed by atoms with Crippen LogP contribution in [0.2, 0.25) is 0 Å². The van der Waals surface area contributed by atoms with Crippen LogP contribution in [0.4, 0.5) is 5.69 Å². The largest absolute Gasteiger partial charge is 0.507 e. The minimum Gasteiger partial charge on any atom is -0.507 e. The number of amides is 1. The number of aryl methyl sites for hydroxylation is 1. The number of nitrogens with one attached hydrogen (secondary N) is 2. The Morgan fingerprint density at radius 2 is 1.80 bits per heavy atom. The number of benzene rings is 2. The van der Waals surface area contributed by atoms with Crippen LogP contribution in [0, 0.1) is 6.92 Å². The first-order valence-corrected chi connectivity index (χ1v) is 10.6. The third kappa shape index (κ3) is 4.14. The number of rotatable bonds is 5. The van der Waals surface area contributed by atoms with Gasteiger partial charge in [0.25, 0.3) is 5.91 Å². The third-order valence-electron chi connectivity index (χ3n) is 5.93. The van der Waals surface area contributed by atoms with Gasteiger partial charge in [-0.15, -0.1) is 0 Å². The van der Waals surface area contributed by atoms with Crippen LogP contribution in [0.15, 0.2) is 40.8 Å². The molecular weight excluding hydrogens is 380 g/mol. The van der Waals surface area contributed by atoms with Crippen molar-refractivity contribution in [1.29, 1.82) is 0 Å². The molecule has 0 atom stereocenters. The molecule has 158 valence electrons. The van der Waals surface area contributed by atoms with E-state index in [9.17, 15) is 9.90 Å². The van der Waals surface area contributed by atoms with E-state index in [4.69, 9.17) is 9.15 Å². The highest BCUT2D eigenvalue weighted by Crippen LogP contribution is 2.34. The van der Waals surface area contributed by atoms with Crippen LogP contribution in [-0.4, -0.2) is 31.2 Å². The van der Waals surface area contributed by atoms with Gasteiger partial charge in [0.05, 0.1) is 31.3 Å². The number of ether oxygens (including phenoxy) is 1. The van der Waals surface area contributed by atoms with E-state index in [0.717, 1.165) is 29.8 Å². The summed E-state index contributed by atoms with van der Waals surface area (Å²) in [6.07, 6.45) is 4.92. The average molecular weight is 410 g/mol. The Bertz CT molecular complexity index is 1030. The molecule has 0 aliphatic carbocycles. The van der Waals surface area contributed by atoms with Gasteiger partial charge in [-0.3, -0.25) is 4.79 Å². The van der Waals surface area contributed by atoms with Crippen LogP contribution in [0.5, 0.6) is 11.5 Å². The summed E-state index contributed by atoms with van der Waals surface area (Å²) in [5.74, 6) is 1.26. The first-order chi connectivity index (χ1) is 14.6. The zero-order valence-electron chi connectivity index (χ0n) is 17.6. The lowest BCUT2D eigenvalue weighted by atomic mass is 10.0. The van der Waals surface area contributed by atoms with E-state index in [1.54, 1.807) is 50.4 Å². The maximum atomic E-state index is 13.2. The van der Waals surface area contributed by atoms with Crippen molar-refractivity contribution in [3.63, 3.8) is 0 Å². The van der Waals surface area contributed by atoms with E-state index in [-0.39, 0.29) is 11.7 Å². The van der Waals surface area contributed by atoms with Crippen molar-refractivity contribution < 1.29 is 24.0 Å². The van der Waals surface area contributed by atoms with Gasteiger partial charge in [0.15, 0.2) is 0 Å². The zero-order chi connectivity index (χ0) is 21.1. The Morgan fingerprint density at radius 3 is 2.47 bits per heavy atom. The maximum absolute atomic E-state index is 13.2. The molecular formula is C24H29N2O4+. The van der Waals surface area contributed by atoms with Crippen LogP contribution in [-0.2, 0) is 6.54 Å². The summed E-state index contributed by atoms with van der Waals surface area (Å²) in [5, 5.41) is 14.3. The predicted octanol–water partition coefficient (Wildman–Crippen LogP) is 3.67. The predicted molar refractivity (Wildman–Crippen MR) is 116 cm³/mol. The van der Waals surface area contributed by atoms with Crippen molar-refractivity contribution in [1.82, 2.24) is 0 Å². The lowest BCUT2D eigenvalue weighted by molar-refractivity contribution is -0.913. The molecule has 1 aliphatic rings. The number of fused-ring (bicyclic) bond motifs is 1. The van der Waals surface area contributed by atoms with Crippen molar-refractivity contribution >= 4 is 22.6 Å². The van der Waals surface area contributed by atoms with Gasteiger partial charge >= 0.3 is 0 Å². The van der Waals surface area contributed by atoms with Crippen molar-refractivity contribution in [2.45, 2.75) is 39.2 Å². The second-order valence-corrected chi connectivity index (χ2v) is 7.99. The molecule has 0 spiro atoms. The van der Waals surface area contributed by atoms with Crippen molar-refractivity contribution in [3.8, 4) is 11.5 Å². The summed E-state index contributed by atoms with van der Waals surface area (Å²) in [5.41, 5.74) is 2.59. The van der Waals surface area contributed by atoms with Gasteiger partial charge in [0, 0.05) is 11.1 Å². The minimum atomic E-state index is -0.242. The number of aromatic hydroxyl groups is 1. The summed E-state index contributed by atoms with van der Waals surface area (Å²) in [6, 6.07) is 10.6. The molecule has 1 amide bonds. The van der Waals surface area contributed by atoms with Gasteiger partial charge in [0.2, 0.25) is 0 Å². The highest BCUT2D eigenvalue weighted by Gasteiger charge is 2.25. The van der Waals surface area contributed by atoms with Gasteiger partial charge in [-0.1, -0.05) is 0 Å². The molecule has 1 aromatic heterocycles. The fourth-order valence-corrected chi connectivity index (χ4v) is 4.34. The molecule has 0 saturated carbocycles. The van der Waals surface area contributed by atoms with Crippen LogP contribution >= 0.6 is 0 Å². The van der Waals surface area contributed by atoms with Crippen LogP contribution in [0.3, 0.4) is 0 Å². The first-order valence-electron chi connectivity index (χ1n) is 10.6. The fraction of sp³-hybridized carbons (Fsp3) is 0.375. The van der Waals surface area contributed by atoms with Crippen LogP contribution < -0.4 is 15.0 Å². The third-order valence-corrected chi connectivity index (χ3v) is 5.93. The lowest BCUT2D eigenvalue weighted by Gasteiger charge is -2.18. The van der Waals surface area contributed by atoms with Crippen molar-refractivity contribution in [2.75, 3.05) is 25.5 Å². The number of hydrogen-bond acceptors (Lipinski definition) is 4. The van der Waals surface area contributed by atoms with E-state index in [1.807, 2.05) is 0 Å². The molecule has 0 unspecified atom stereocenters. The Kier molecular flexibility index (Phi) is 5.95. The highest BCUT2D eigenvalue weighted by molar-refractivity contribution is 6.14. The molecule has 2 heterocycles. The molecule has 2 aromatic carbocycles. The number of carbonyl (C=O) groups is 1. The molecule has 0 radical (unpaired) electrons. The molecule has 3 aromatic rings. The number of likely N-dealkylation sites (tertiary alicyclic amines) is 1. The SMILES string of the molecule is COc1ccc(NC(=O)c2c(C)oc3ccc(O)c(C[NH+]4CCCCCC4)c23)cc1. The van der Waals surface area contributed by atoms with Gasteiger partial charge in [0.1, 0.15) is 29.4 Å². The van der Waals surface area contributed by atoms with E-state index in [0.29, 0.717) is 29.1 Å². The van der Waals surface area contributed by atoms with Gasteiger partial charge in [-0.2, -0.15) is 0 Å². The van der Waals surface area contributed by atoms with E-state index in [2.05, 4.69) is 5.32 Å². The monoisotopic (exact) mass is 409 g/mol. The fourth-order valence-electron chi connectivity index (χ4n) is 4.34. The average Bonchev–Trinajstić information content (AvgIpc) is 2.90. The Hall–Kier alpha value is -2.99. The smallest absolute Gasteiger partial charge is 0.259 e. The lowest BCUT2D eigenvalue weighted by Crippen LogP contribution is -3.10. The molecule has 4 rings (SSSR count). The van der Waals surface area contributed by atoms with Crippen LogP contribution in [0.1, 0.15) is 47.4 Å². The summed E-state index contributed by atoms with van der Waals surface area (Å²) in [6.45, 7) is 4.65. The Morgan fingerprint density at radius 1 is 1.10 bits per heavy atom. The summed E-state index contributed by atoms with van der Waals surface area (Å²) >= 11 is 0. The summed E-state index contributed by atoms with van der Waals surface area (Å²) in [4.78, 5) is 14.6. The van der Waals surface area contributed by atoms with E-state index < -0.39 is 0 Å². The number of carbonyl (C=O) groups excluding carboxylic acids is 1. The van der Waals surface area contributed by atoms with Crippen molar-refractivity contribution in [3.05, 3.63) is 53.3 Å². The van der Waals surface area contributed by atoms with Crippen LogP contribution in [0.25, 0.3) is 11.0 Å². The zero-order valence-corrected chi connectivity index (χ0v) is 17.6. The molecule has 1 aliphatic heterocycles. The quantitative estimate of drug-likeness (QED) is 0.601. The maximum Gasteiger partial charge on any atom is 0.259 e. The minimum absolute atomic E-state index is 0.221. The second kappa shape index (κ2) is 8.79. The number of phenols is 1. The summed E-state index contributed by atoms with van der Waals surface area (Å²) in [7, 11) is 1.61. The highest BCUT2D eigenvalue weighted by atomic mass is 16.5. The van der Waals surface area contributed by atoms with E-state index in [1.165, 1.54) is 30.6 Å². The van der Waals surface area contributed by atoms with Gasteiger partial charge in [-0.25, -0.2) is 0 Å². The number of hydrogen-bond donors (Lipinski definition) is 3. The standard InChI is InChI=1S/C24H28N2O4/c1-16-22(24(28)25-17-7-9-18(29-2)10-8-17)23-19(20(27)11-12-21(23)30-16)15-26-13-5-3-4-6-14-26/h7-12,27H,3-6,13-15H2,1-2H3,(H,25,28)/p+1. The van der Waals surface area contributed by atoms with E-state index >= 15 is 0 Å². The molecule has 6 nitrogen and oxygen atoms in total. The number of furan rings is 1. The molecule has 1 fully saturated rings. The number of quaternary nitrogens is 1. The molecule has 30 heavy (non-hydrogen) atoms. The number of methoxy groups -OCH3 is 1. The molecule has 6 heteroatoms. The van der Waals surface area contributed by atoms with Crippen molar-refractivity contribution in [2.24, 2.45) is 0 Å². The normalized spacial score (nSPS) is 15.1. The number of phenolic OH excluding ortho intramolecular Hbond substituents is 1. The number of anilines is 1. The molecule has 3 N–H and O–H groups in total. The molecule has 0 bridgehead atoms. The van der Waals surface area contributed by atoms with Gasteiger partial charge in [-0.05, 0) is 69.0 Å².